The van der Waals surface area contributed by atoms with E-state index in [1.807, 2.05) is 0 Å². The summed E-state index contributed by atoms with van der Waals surface area (Å²) in [5.41, 5.74) is 0.753. The number of alkyl halides is 2. The van der Waals surface area contributed by atoms with Gasteiger partial charge in [0, 0.05) is 0 Å². The molecule has 8 heteroatoms. The lowest BCUT2D eigenvalue weighted by molar-refractivity contribution is 0.102. The second-order valence-corrected chi connectivity index (χ2v) is 5.06. The van der Waals surface area contributed by atoms with Crippen molar-refractivity contribution < 1.29 is 18.0 Å². The first-order chi connectivity index (χ1) is 9.06. The monoisotopic (exact) mass is 348 g/mol. The molecule has 0 atom stereocenters. The van der Waals surface area contributed by atoms with Crippen molar-refractivity contribution in [2.24, 2.45) is 0 Å². The van der Waals surface area contributed by atoms with Crippen LogP contribution in [0.15, 0.2) is 44.8 Å². The molecule has 2 aromatic heterocycles. The van der Waals surface area contributed by atoms with Crippen LogP contribution in [0.5, 0.6) is 0 Å². The molecule has 0 aromatic carbocycles. The van der Waals surface area contributed by atoms with E-state index in [1.54, 1.807) is 0 Å². The molecule has 0 unspecified atom stereocenters. The molecule has 2 aromatic rings. The highest BCUT2D eigenvalue weighted by Gasteiger charge is 2.13. The van der Waals surface area contributed by atoms with Gasteiger partial charge < -0.3 is 9.73 Å². The summed E-state index contributed by atoms with van der Waals surface area (Å²) < 4.78 is 29.5. The minimum Gasteiger partial charge on any atom is -0.457 e. The molecule has 0 aliphatic heterocycles. The molecule has 0 aliphatic carbocycles. The number of furan rings is 1. The highest BCUT2D eigenvalue weighted by atomic mass is 79.9. The van der Waals surface area contributed by atoms with Crippen molar-refractivity contribution in [3.05, 3.63) is 40.9 Å². The van der Waals surface area contributed by atoms with Crippen LogP contribution in [0.4, 0.5) is 14.5 Å². The number of hydrogen-bond acceptors (Lipinski definition) is 4. The zero-order valence-corrected chi connectivity index (χ0v) is 11.7. The average molecular weight is 349 g/mol. The fraction of sp³-hybridized carbons (Fsp3) is 0.0909. The molecule has 2 heterocycles. The molecule has 1 N–H and O–H groups in total. The van der Waals surface area contributed by atoms with Gasteiger partial charge in [0.1, 0.15) is 5.03 Å². The van der Waals surface area contributed by atoms with Crippen LogP contribution >= 0.6 is 27.7 Å². The Balaban J connectivity index is 2.04. The summed E-state index contributed by atoms with van der Waals surface area (Å²) in [5, 5.41) is 2.77. The Morgan fingerprint density at radius 1 is 1.42 bits per heavy atom. The summed E-state index contributed by atoms with van der Waals surface area (Å²) in [6, 6.07) is 4.42. The van der Waals surface area contributed by atoms with Crippen LogP contribution in [0.1, 0.15) is 10.4 Å². The first-order valence-electron chi connectivity index (χ1n) is 5.01. The van der Waals surface area contributed by atoms with Gasteiger partial charge in [-0.1, -0.05) is 0 Å². The predicted molar refractivity (Wildman–Crippen MR) is 70.5 cm³/mol. The molecule has 100 valence electrons. The summed E-state index contributed by atoms with van der Waals surface area (Å²) in [4.78, 5) is 15.6. The van der Waals surface area contributed by atoms with Crippen LogP contribution in [0.3, 0.4) is 0 Å². The second kappa shape index (κ2) is 6.16. The maximum absolute atomic E-state index is 12.1. The smallest absolute Gasteiger partial charge is 0.290 e. The van der Waals surface area contributed by atoms with Crippen molar-refractivity contribution >= 4 is 39.3 Å². The molecule has 0 spiro atoms. The zero-order valence-electron chi connectivity index (χ0n) is 9.27. The molecule has 0 aliphatic rings. The molecule has 0 saturated heterocycles. The van der Waals surface area contributed by atoms with E-state index in [4.69, 9.17) is 4.42 Å². The van der Waals surface area contributed by atoms with Crippen LogP contribution in [-0.2, 0) is 0 Å². The average Bonchev–Trinajstić information content (AvgIpc) is 2.77. The first kappa shape index (κ1) is 14.0. The van der Waals surface area contributed by atoms with Gasteiger partial charge in [0.15, 0.2) is 4.67 Å². The predicted octanol–water partition coefficient (Wildman–Crippen LogP) is 4.00. The maximum Gasteiger partial charge on any atom is 0.290 e. The third-order valence-corrected chi connectivity index (χ3v) is 3.34. The normalized spacial score (nSPS) is 10.7. The van der Waals surface area contributed by atoms with Gasteiger partial charge in [-0.15, -0.1) is 0 Å². The van der Waals surface area contributed by atoms with Gasteiger partial charge in [-0.3, -0.25) is 4.79 Å². The molecule has 0 fully saturated rings. The summed E-state index contributed by atoms with van der Waals surface area (Å²) in [7, 11) is 0. The molecule has 0 bridgehead atoms. The molecule has 4 nitrogen and oxygen atoms in total. The lowest BCUT2D eigenvalue weighted by atomic mass is 10.3. The number of rotatable bonds is 4. The summed E-state index contributed by atoms with van der Waals surface area (Å²) >= 11 is 3.44. The molecule has 1 amide bonds. The highest BCUT2D eigenvalue weighted by Crippen LogP contribution is 2.24. The van der Waals surface area contributed by atoms with Gasteiger partial charge in [0.05, 0.1) is 23.7 Å². The van der Waals surface area contributed by atoms with Crippen molar-refractivity contribution in [1.82, 2.24) is 4.98 Å². The number of hydrogen-bond donors (Lipinski definition) is 1. The van der Waals surface area contributed by atoms with Crippen LogP contribution in [-0.4, -0.2) is 16.6 Å². The van der Waals surface area contributed by atoms with E-state index < -0.39 is 5.76 Å². The van der Waals surface area contributed by atoms with E-state index in [2.05, 4.69) is 26.2 Å². The van der Waals surface area contributed by atoms with Crippen molar-refractivity contribution in [3.8, 4) is 0 Å². The van der Waals surface area contributed by atoms with E-state index in [1.165, 1.54) is 30.7 Å². The van der Waals surface area contributed by atoms with Gasteiger partial charge in [0.2, 0.25) is 0 Å². The third kappa shape index (κ3) is 3.77. The maximum atomic E-state index is 12.1. The topological polar surface area (TPSA) is 55.1 Å². The minimum absolute atomic E-state index is 0.192. The number of pyridine rings is 1. The fourth-order valence-corrected chi connectivity index (χ4v) is 2.13. The van der Waals surface area contributed by atoms with Gasteiger partial charge in [-0.05, 0) is 45.9 Å². The molecule has 2 rings (SSSR count). The third-order valence-electron chi connectivity index (χ3n) is 2.07. The van der Waals surface area contributed by atoms with E-state index in [0.717, 1.165) is 0 Å². The Morgan fingerprint density at radius 3 is 2.74 bits per heavy atom. The number of nitrogens with zero attached hydrogens (tertiary/aromatic N) is 1. The Labute approximate surface area is 119 Å². The molecule has 19 heavy (non-hydrogen) atoms. The Kier molecular flexibility index (Phi) is 4.54. The molecule has 0 saturated carbocycles. The van der Waals surface area contributed by atoms with Gasteiger partial charge in [-0.25, -0.2) is 4.98 Å². The number of thioether (sulfide) groups is 1. The van der Waals surface area contributed by atoms with Crippen LogP contribution in [0.25, 0.3) is 0 Å². The molecular formula is C11H7BrF2N2O2S. The quantitative estimate of drug-likeness (QED) is 0.848. The zero-order chi connectivity index (χ0) is 13.8. The van der Waals surface area contributed by atoms with E-state index in [9.17, 15) is 13.6 Å². The minimum atomic E-state index is -2.52. The standard InChI is InChI=1S/C11H7BrF2N2O2S/c12-9-7(3-4-18-9)10(17)16-6-1-2-8(15-5-6)19-11(13)14/h1-5,11H,(H,16,17). The Bertz CT molecular complexity index is 574. The van der Waals surface area contributed by atoms with Crippen LogP contribution < -0.4 is 5.32 Å². The van der Waals surface area contributed by atoms with Gasteiger partial charge >= 0.3 is 0 Å². The summed E-state index contributed by atoms with van der Waals surface area (Å²) in [5.74, 6) is -2.90. The van der Waals surface area contributed by atoms with Crippen molar-refractivity contribution in [2.45, 2.75) is 10.8 Å². The van der Waals surface area contributed by atoms with Crippen molar-refractivity contribution in [1.29, 1.82) is 0 Å². The number of nitrogens with one attached hydrogen (secondary N) is 1. The van der Waals surface area contributed by atoms with E-state index >= 15 is 0 Å². The van der Waals surface area contributed by atoms with Gasteiger partial charge in [0.25, 0.3) is 11.7 Å². The highest BCUT2D eigenvalue weighted by molar-refractivity contribution is 9.10. The lowest BCUT2D eigenvalue weighted by Crippen LogP contribution is -2.11. The van der Waals surface area contributed by atoms with E-state index in [-0.39, 0.29) is 10.9 Å². The van der Waals surface area contributed by atoms with E-state index in [0.29, 0.717) is 27.7 Å². The largest absolute Gasteiger partial charge is 0.457 e. The van der Waals surface area contributed by atoms with Crippen LogP contribution in [0.2, 0.25) is 0 Å². The second-order valence-electron chi connectivity index (χ2n) is 3.33. The molecule has 0 radical (unpaired) electrons. The van der Waals surface area contributed by atoms with Crippen molar-refractivity contribution in [2.75, 3.05) is 5.32 Å². The number of carbonyl (C=O) groups is 1. The van der Waals surface area contributed by atoms with Gasteiger partial charge in [-0.2, -0.15) is 8.78 Å². The Hall–Kier alpha value is -1.41. The number of amides is 1. The number of anilines is 1. The van der Waals surface area contributed by atoms with Crippen LogP contribution in [0, 0.1) is 0 Å². The number of aromatic nitrogens is 1. The summed E-state index contributed by atoms with van der Waals surface area (Å²) in [6.07, 6.45) is 2.69. The Morgan fingerprint density at radius 2 is 2.21 bits per heavy atom. The lowest BCUT2D eigenvalue weighted by Gasteiger charge is -2.04. The fourth-order valence-electron chi connectivity index (χ4n) is 1.27. The van der Waals surface area contributed by atoms with Crippen molar-refractivity contribution in [3.63, 3.8) is 0 Å². The molecular weight excluding hydrogens is 342 g/mol. The first-order valence-corrected chi connectivity index (χ1v) is 6.69. The summed E-state index contributed by atoms with van der Waals surface area (Å²) in [6.45, 7) is 0. The SMILES string of the molecule is O=C(Nc1ccc(SC(F)F)nc1)c1ccoc1Br. The number of halogens is 3. The number of carbonyl (C=O) groups excluding carboxylic acids is 1.